The van der Waals surface area contributed by atoms with Crippen LogP contribution in [0.15, 0.2) is 46.9 Å². The van der Waals surface area contributed by atoms with E-state index < -0.39 is 10.9 Å². The summed E-state index contributed by atoms with van der Waals surface area (Å²) < 4.78 is 15.4. The van der Waals surface area contributed by atoms with Gasteiger partial charge in [-0.3, -0.25) is 10.1 Å². The predicted octanol–water partition coefficient (Wildman–Crippen LogP) is 2.72. The highest BCUT2D eigenvalue weighted by atomic mass is 16.6. The highest BCUT2D eigenvalue weighted by Crippen LogP contribution is 2.25. The number of phenols is 1. The Labute approximate surface area is 152 Å². The quantitative estimate of drug-likeness (QED) is 0.393. The highest BCUT2D eigenvalue weighted by molar-refractivity contribution is 5.92. The van der Waals surface area contributed by atoms with Gasteiger partial charge in [-0.15, -0.1) is 10.2 Å². The van der Waals surface area contributed by atoms with Crippen LogP contribution in [0.1, 0.15) is 16.2 Å². The molecule has 0 fully saturated rings. The molecule has 3 rings (SSSR count). The fraction of sp³-hybridized carbons (Fsp3) is 0.118. The number of nitro benzene ring substituents is 1. The minimum Gasteiger partial charge on any atom is -0.507 e. The Bertz CT molecular complexity index is 982. The molecular weight excluding hydrogens is 358 g/mol. The van der Waals surface area contributed by atoms with Crippen LogP contribution in [0.3, 0.4) is 0 Å². The fourth-order valence-electron chi connectivity index (χ4n) is 2.17. The van der Waals surface area contributed by atoms with E-state index in [1.807, 2.05) is 0 Å². The van der Waals surface area contributed by atoms with Gasteiger partial charge >= 0.3 is 5.97 Å². The summed E-state index contributed by atoms with van der Waals surface area (Å²) in [5.41, 5.74) is 0.385. The van der Waals surface area contributed by atoms with Gasteiger partial charge in [0.25, 0.3) is 11.6 Å². The Hall–Kier alpha value is -3.95. The molecular formula is C17H13N3O7. The van der Waals surface area contributed by atoms with E-state index in [-0.39, 0.29) is 35.4 Å². The Morgan fingerprint density at radius 2 is 1.96 bits per heavy atom. The number of rotatable bonds is 6. The van der Waals surface area contributed by atoms with Crippen molar-refractivity contribution in [2.24, 2.45) is 0 Å². The molecule has 0 radical (unpaired) electrons. The summed E-state index contributed by atoms with van der Waals surface area (Å²) in [6, 6.07) is 9.73. The van der Waals surface area contributed by atoms with E-state index in [9.17, 15) is 20.0 Å². The first kappa shape index (κ1) is 17.9. The number of methoxy groups -OCH3 is 1. The Morgan fingerprint density at radius 3 is 2.59 bits per heavy atom. The number of esters is 1. The molecule has 10 nitrogen and oxygen atoms in total. The van der Waals surface area contributed by atoms with Crippen LogP contribution in [0.2, 0.25) is 0 Å². The van der Waals surface area contributed by atoms with Crippen molar-refractivity contribution in [2.45, 2.75) is 6.61 Å². The molecule has 0 spiro atoms. The first-order valence-electron chi connectivity index (χ1n) is 7.59. The maximum Gasteiger partial charge on any atom is 0.342 e. The molecule has 0 saturated carbocycles. The zero-order valence-corrected chi connectivity index (χ0v) is 14.0. The van der Waals surface area contributed by atoms with E-state index in [0.29, 0.717) is 11.3 Å². The van der Waals surface area contributed by atoms with Gasteiger partial charge in [-0.25, -0.2) is 4.79 Å². The van der Waals surface area contributed by atoms with E-state index in [4.69, 9.17) is 13.9 Å². The van der Waals surface area contributed by atoms with Gasteiger partial charge in [0.1, 0.15) is 17.1 Å². The van der Waals surface area contributed by atoms with Gasteiger partial charge in [0.15, 0.2) is 6.61 Å². The van der Waals surface area contributed by atoms with Crippen molar-refractivity contribution >= 4 is 11.7 Å². The number of hydrogen-bond acceptors (Lipinski definition) is 9. The Morgan fingerprint density at radius 1 is 1.22 bits per heavy atom. The fourth-order valence-corrected chi connectivity index (χ4v) is 2.17. The minimum atomic E-state index is -0.773. The van der Waals surface area contributed by atoms with Crippen molar-refractivity contribution in [3.05, 3.63) is 64.0 Å². The monoisotopic (exact) mass is 371 g/mol. The lowest BCUT2D eigenvalue weighted by molar-refractivity contribution is -0.384. The number of non-ortho nitro benzene ring substituents is 1. The lowest BCUT2D eigenvalue weighted by atomic mass is 10.2. The summed E-state index contributed by atoms with van der Waals surface area (Å²) in [7, 11) is 1.44. The Kier molecular flexibility index (Phi) is 4.97. The summed E-state index contributed by atoms with van der Waals surface area (Å²) in [6.07, 6.45) is 0. The van der Waals surface area contributed by atoms with Gasteiger partial charge in [-0.1, -0.05) is 0 Å². The molecule has 1 N–H and O–H groups in total. The highest BCUT2D eigenvalue weighted by Gasteiger charge is 2.16. The topological polar surface area (TPSA) is 138 Å². The summed E-state index contributed by atoms with van der Waals surface area (Å²) in [5.74, 6) is -0.497. The van der Waals surface area contributed by atoms with E-state index in [1.54, 1.807) is 0 Å². The second kappa shape index (κ2) is 7.52. The lowest BCUT2D eigenvalue weighted by Crippen LogP contribution is -2.06. The van der Waals surface area contributed by atoms with Gasteiger partial charge in [-0.2, -0.15) is 0 Å². The number of hydrogen-bond donors (Lipinski definition) is 1. The van der Waals surface area contributed by atoms with Crippen molar-refractivity contribution in [3.63, 3.8) is 0 Å². The standard InChI is InChI=1S/C17H13N3O7/c1-25-12-6-7-13(14(21)8-12)17(22)26-9-15-18-19-16(27-15)10-2-4-11(5-3-10)20(23)24/h2-8,21H,9H2,1H3. The number of aromatic hydroxyl groups is 1. The number of phenolic OH excluding ortho intramolecular Hbond substituents is 1. The number of carbonyl (C=O) groups is 1. The molecule has 0 atom stereocenters. The molecule has 1 heterocycles. The Balaban J connectivity index is 1.65. The summed E-state index contributed by atoms with van der Waals surface area (Å²) in [5, 5.41) is 28.0. The molecule has 0 aliphatic heterocycles. The molecule has 0 aliphatic rings. The van der Waals surface area contributed by atoms with Crippen LogP contribution in [0.4, 0.5) is 5.69 Å². The van der Waals surface area contributed by atoms with Crippen LogP contribution in [0.25, 0.3) is 11.5 Å². The number of aromatic nitrogens is 2. The number of carbonyl (C=O) groups excluding carboxylic acids is 1. The van der Waals surface area contributed by atoms with Crippen molar-refractivity contribution in [3.8, 4) is 23.0 Å². The van der Waals surface area contributed by atoms with Crippen LogP contribution >= 0.6 is 0 Å². The average molecular weight is 371 g/mol. The number of benzene rings is 2. The zero-order valence-electron chi connectivity index (χ0n) is 14.0. The second-order valence-corrected chi connectivity index (χ2v) is 5.26. The molecule has 10 heteroatoms. The molecule has 138 valence electrons. The summed E-state index contributed by atoms with van der Waals surface area (Å²) >= 11 is 0. The predicted molar refractivity (Wildman–Crippen MR) is 90.2 cm³/mol. The molecule has 0 bridgehead atoms. The van der Waals surface area contributed by atoms with Crippen LogP contribution < -0.4 is 4.74 Å². The van der Waals surface area contributed by atoms with Gasteiger partial charge in [0.2, 0.25) is 5.89 Å². The molecule has 0 aliphatic carbocycles. The van der Waals surface area contributed by atoms with Crippen molar-refractivity contribution in [1.82, 2.24) is 10.2 Å². The first-order chi connectivity index (χ1) is 13.0. The molecule has 0 amide bonds. The van der Waals surface area contributed by atoms with Gasteiger partial charge < -0.3 is 19.0 Å². The maximum absolute atomic E-state index is 12.0. The van der Waals surface area contributed by atoms with Crippen LogP contribution in [-0.4, -0.2) is 33.3 Å². The largest absolute Gasteiger partial charge is 0.507 e. The molecule has 3 aromatic rings. The number of nitro groups is 1. The third-order valence-electron chi connectivity index (χ3n) is 3.54. The molecule has 1 aromatic heterocycles. The summed E-state index contributed by atoms with van der Waals surface area (Å²) in [4.78, 5) is 22.2. The minimum absolute atomic E-state index is 0.0321. The smallest absolute Gasteiger partial charge is 0.342 e. The lowest BCUT2D eigenvalue weighted by Gasteiger charge is -2.06. The second-order valence-electron chi connectivity index (χ2n) is 5.26. The van der Waals surface area contributed by atoms with Crippen LogP contribution in [-0.2, 0) is 11.3 Å². The van der Waals surface area contributed by atoms with E-state index in [1.165, 1.54) is 49.6 Å². The van der Waals surface area contributed by atoms with Gasteiger partial charge in [0, 0.05) is 23.8 Å². The van der Waals surface area contributed by atoms with E-state index >= 15 is 0 Å². The van der Waals surface area contributed by atoms with Crippen LogP contribution in [0, 0.1) is 10.1 Å². The van der Waals surface area contributed by atoms with E-state index in [0.717, 1.165) is 0 Å². The SMILES string of the molecule is COc1ccc(C(=O)OCc2nnc(-c3ccc([N+](=O)[O-])cc3)o2)c(O)c1. The zero-order chi connectivity index (χ0) is 19.4. The normalized spacial score (nSPS) is 10.4. The summed E-state index contributed by atoms with van der Waals surface area (Å²) in [6.45, 7) is -0.301. The van der Waals surface area contributed by atoms with Gasteiger partial charge in [-0.05, 0) is 24.3 Å². The van der Waals surface area contributed by atoms with Crippen LogP contribution in [0.5, 0.6) is 11.5 Å². The molecule has 0 saturated heterocycles. The van der Waals surface area contributed by atoms with Gasteiger partial charge in [0.05, 0.1) is 12.0 Å². The first-order valence-corrected chi connectivity index (χ1v) is 7.59. The molecule has 0 unspecified atom stereocenters. The van der Waals surface area contributed by atoms with Crippen molar-refractivity contribution in [2.75, 3.05) is 7.11 Å². The third kappa shape index (κ3) is 4.00. The average Bonchev–Trinajstić information content (AvgIpc) is 3.15. The maximum atomic E-state index is 12.0. The van der Waals surface area contributed by atoms with Crippen molar-refractivity contribution < 1.29 is 28.7 Å². The number of nitrogens with zero attached hydrogens (tertiary/aromatic N) is 3. The third-order valence-corrected chi connectivity index (χ3v) is 3.54. The van der Waals surface area contributed by atoms with E-state index in [2.05, 4.69) is 10.2 Å². The van der Waals surface area contributed by atoms with Crippen molar-refractivity contribution in [1.29, 1.82) is 0 Å². The molecule has 2 aromatic carbocycles. The molecule has 27 heavy (non-hydrogen) atoms. The number of ether oxygens (including phenoxy) is 2.